The molecule has 0 spiro atoms. The van der Waals surface area contributed by atoms with Crippen LogP contribution < -0.4 is 10.6 Å². The highest BCUT2D eigenvalue weighted by atomic mass is 16.5. The Morgan fingerprint density at radius 1 is 1.13 bits per heavy atom. The van der Waals surface area contributed by atoms with Gasteiger partial charge in [-0.1, -0.05) is 6.07 Å². The molecule has 0 saturated heterocycles. The summed E-state index contributed by atoms with van der Waals surface area (Å²) in [6.45, 7) is 2.64. The lowest BCUT2D eigenvalue weighted by molar-refractivity contribution is -0.119. The lowest BCUT2D eigenvalue weighted by Gasteiger charge is -2.08. The number of hydrogen-bond donors (Lipinski definition) is 2. The lowest BCUT2D eigenvalue weighted by atomic mass is 10.2. The first kappa shape index (κ1) is 16.5. The Balaban J connectivity index is 1.77. The molecule has 2 aromatic rings. The van der Waals surface area contributed by atoms with E-state index < -0.39 is 0 Å². The van der Waals surface area contributed by atoms with Gasteiger partial charge in [0.15, 0.2) is 0 Å². The van der Waals surface area contributed by atoms with Gasteiger partial charge < -0.3 is 15.4 Å². The fourth-order valence-corrected chi connectivity index (χ4v) is 1.88. The van der Waals surface area contributed by atoms with E-state index in [0.717, 1.165) is 11.4 Å². The van der Waals surface area contributed by atoms with Gasteiger partial charge in [0.05, 0.1) is 31.0 Å². The number of nitrogens with zero attached hydrogens (tertiary/aromatic N) is 1. The number of aromatic nitrogens is 1. The smallest absolute Gasteiger partial charge is 0.338 e. The van der Waals surface area contributed by atoms with Gasteiger partial charge in [0.2, 0.25) is 5.91 Å². The molecule has 1 amide bonds. The molecule has 0 unspecified atom stereocenters. The van der Waals surface area contributed by atoms with E-state index in [9.17, 15) is 9.59 Å². The van der Waals surface area contributed by atoms with Gasteiger partial charge in [-0.15, -0.1) is 0 Å². The first-order valence-electron chi connectivity index (χ1n) is 7.36. The van der Waals surface area contributed by atoms with Crippen LogP contribution in [0.3, 0.4) is 0 Å². The maximum Gasteiger partial charge on any atom is 0.338 e. The second-order valence-corrected chi connectivity index (χ2v) is 4.75. The number of nitrogens with one attached hydrogen (secondary N) is 2. The molecule has 0 atom stereocenters. The summed E-state index contributed by atoms with van der Waals surface area (Å²) in [5, 5.41) is 5.77. The van der Waals surface area contributed by atoms with E-state index in [-0.39, 0.29) is 18.4 Å². The van der Waals surface area contributed by atoms with Gasteiger partial charge >= 0.3 is 5.97 Å². The number of esters is 1. The second-order valence-electron chi connectivity index (χ2n) is 4.75. The van der Waals surface area contributed by atoms with Gasteiger partial charge in [-0.2, -0.15) is 0 Å². The van der Waals surface area contributed by atoms with E-state index in [2.05, 4.69) is 15.6 Å². The molecule has 0 fully saturated rings. The lowest BCUT2D eigenvalue weighted by Crippen LogP contribution is -2.29. The number of anilines is 1. The molecule has 2 N–H and O–H groups in total. The van der Waals surface area contributed by atoms with Gasteiger partial charge in [0.25, 0.3) is 0 Å². The Bertz CT molecular complexity index is 642. The minimum atomic E-state index is -0.354. The number of amides is 1. The molecule has 1 heterocycles. The van der Waals surface area contributed by atoms with Crippen LogP contribution in [0.1, 0.15) is 23.0 Å². The predicted molar refractivity (Wildman–Crippen MR) is 87.0 cm³/mol. The number of pyridine rings is 1. The summed E-state index contributed by atoms with van der Waals surface area (Å²) in [6, 6.07) is 12.3. The molecule has 0 aliphatic carbocycles. The number of ether oxygens (including phenoxy) is 1. The Morgan fingerprint density at radius 2 is 1.91 bits per heavy atom. The summed E-state index contributed by atoms with van der Waals surface area (Å²) in [5.41, 5.74) is 2.04. The summed E-state index contributed by atoms with van der Waals surface area (Å²) in [4.78, 5) is 27.4. The van der Waals surface area contributed by atoms with Crippen LogP contribution in [-0.4, -0.2) is 30.0 Å². The average Bonchev–Trinajstić information content (AvgIpc) is 2.59. The second kappa shape index (κ2) is 8.53. The van der Waals surface area contributed by atoms with Crippen LogP contribution in [-0.2, 0) is 16.1 Å². The van der Waals surface area contributed by atoms with E-state index >= 15 is 0 Å². The summed E-state index contributed by atoms with van der Waals surface area (Å²) in [5.74, 6) is -0.489. The zero-order valence-corrected chi connectivity index (χ0v) is 12.9. The van der Waals surface area contributed by atoms with Crippen molar-refractivity contribution in [1.29, 1.82) is 0 Å². The molecule has 6 heteroatoms. The van der Waals surface area contributed by atoms with Crippen LogP contribution >= 0.6 is 0 Å². The summed E-state index contributed by atoms with van der Waals surface area (Å²) in [7, 11) is 0. The van der Waals surface area contributed by atoms with Crippen LogP contribution in [0.15, 0.2) is 48.7 Å². The third kappa shape index (κ3) is 5.43. The molecule has 0 aliphatic heterocycles. The molecule has 1 aromatic heterocycles. The van der Waals surface area contributed by atoms with Crippen molar-refractivity contribution in [1.82, 2.24) is 10.3 Å². The highest BCUT2D eigenvalue weighted by molar-refractivity contribution is 5.90. The first-order valence-corrected chi connectivity index (χ1v) is 7.36. The van der Waals surface area contributed by atoms with Crippen LogP contribution in [0.2, 0.25) is 0 Å². The van der Waals surface area contributed by atoms with Crippen molar-refractivity contribution in [2.45, 2.75) is 13.5 Å². The largest absolute Gasteiger partial charge is 0.462 e. The quantitative estimate of drug-likeness (QED) is 0.764. The van der Waals surface area contributed by atoms with E-state index in [0.29, 0.717) is 18.7 Å². The van der Waals surface area contributed by atoms with Crippen molar-refractivity contribution in [3.63, 3.8) is 0 Å². The monoisotopic (exact) mass is 313 g/mol. The zero-order chi connectivity index (χ0) is 16.5. The van der Waals surface area contributed by atoms with Gasteiger partial charge in [0, 0.05) is 11.9 Å². The molecule has 0 radical (unpaired) electrons. The first-order chi connectivity index (χ1) is 11.2. The number of hydrogen-bond acceptors (Lipinski definition) is 5. The molecule has 23 heavy (non-hydrogen) atoms. The van der Waals surface area contributed by atoms with Crippen molar-refractivity contribution < 1.29 is 14.3 Å². The molecule has 0 saturated carbocycles. The SMILES string of the molecule is CCOC(=O)c1ccc(NCC(=O)NCc2ccccn2)cc1. The van der Waals surface area contributed by atoms with Gasteiger partial charge in [-0.25, -0.2) is 4.79 Å². The number of carbonyl (C=O) groups excluding carboxylic acids is 2. The van der Waals surface area contributed by atoms with E-state index in [1.54, 1.807) is 37.4 Å². The van der Waals surface area contributed by atoms with Crippen molar-refractivity contribution >= 4 is 17.6 Å². The maximum absolute atomic E-state index is 11.8. The van der Waals surface area contributed by atoms with Crippen LogP contribution in [0.5, 0.6) is 0 Å². The standard InChI is InChI=1S/C17H19N3O3/c1-2-23-17(22)13-6-8-14(9-7-13)19-12-16(21)20-11-15-5-3-4-10-18-15/h3-10,19H,2,11-12H2,1H3,(H,20,21). The van der Waals surface area contributed by atoms with Gasteiger partial charge in [-0.05, 0) is 43.3 Å². The van der Waals surface area contributed by atoms with Gasteiger partial charge in [-0.3, -0.25) is 9.78 Å². The van der Waals surface area contributed by atoms with Crippen molar-refractivity contribution in [2.24, 2.45) is 0 Å². The fourth-order valence-electron chi connectivity index (χ4n) is 1.88. The zero-order valence-electron chi connectivity index (χ0n) is 12.9. The highest BCUT2D eigenvalue weighted by Crippen LogP contribution is 2.10. The van der Waals surface area contributed by atoms with Crippen molar-refractivity contribution in [2.75, 3.05) is 18.5 Å². The molecule has 1 aromatic carbocycles. The van der Waals surface area contributed by atoms with Crippen LogP contribution in [0.25, 0.3) is 0 Å². The normalized spacial score (nSPS) is 9.96. The number of carbonyl (C=O) groups is 2. The highest BCUT2D eigenvalue weighted by Gasteiger charge is 2.06. The van der Waals surface area contributed by atoms with Crippen molar-refractivity contribution in [3.8, 4) is 0 Å². The summed E-state index contributed by atoms with van der Waals surface area (Å²) < 4.78 is 4.91. The fraction of sp³-hybridized carbons (Fsp3) is 0.235. The Kier molecular flexibility index (Phi) is 6.11. The molecule has 120 valence electrons. The minimum Gasteiger partial charge on any atom is -0.462 e. The third-order valence-corrected chi connectivity index (χ3v) is 3.04. The Labute approximate surface area is 134 Å². The van der Waals surface area contributed by atoms with Gasteiger partial charge in [0.1, 0.15) is 0 Å². The van der Waals surface area contributed by atoms with Crippen LogP contribution in [0.4, 0.5) is 5.69 Å². The minimum absolute atomic E-state index is 0.134. The molecular weight excluding hydrogens is 294 g/mol. The Morgan fingerprint density at radius 3 is 2.57 bits per heavy atom. The summed E-state index contributed by atoms with van der Waals surface area (Å²) in [6.07, 6.45) is 1.69. The topological polar surface area (TPSA) is 80.3 Å². The Hall–Kier alpha value is -2.89. The number of rotatable bonds is 7. The van der Waals surface area contributed by atoms with E-state index in [1.807, 2.05) is 18.2 Å². The van der Waals surface area contributed by atoms with E-state index in [4.69, 9.17) is 4.74 Å². The maximum atomic E-state index is 11.8. The van der Waals surface area contributed by atoms with Crippen molar-refractivity contribution in [3.05, 3.63) is 59.9 Å². The average molecular weight is 313 g/mol. The number of benzene rings is 1. The molecule has 6 nitrogen and oxygen atoms in total. The van der Waals surface area contributed by atoms with E-state index in [1.165, 1.54) is 0 Å². The molecule has 0 bridgehead atoms. The molecular formula is C17H19N3O3. The predicted octanol–water partition coefficient (Wildman–Crippen LogP) is 1.99. The summed E-state index contributed by atoms with van der Waals surface area (Å²) >= 11 is 0. The van der Waals surface area contributed by atoms with Crippen LogP contribution in [0, 0.1) is 0 Å². The third-order valence-electron chi connectivity index (χ3n) is 3.04. The molecule has 2 rings (SSSR count). The molecule has 0 aliphatic rings.